The lowest BCUT2D eigenvalue weighted by atomic mass is 9.85. The number of fused-ring (bicyclic) bond motifs is 3. The topological polar surface area (TPSA) is 30.7 Å². The molecule has 2 aromatic heterocycles. The lowest BCUT2D eigenvalue weighted by Crippen LogP contribution is -1.97. The average molecular weight is 605 g/mol. The number of hydrogen-bond donors (Lipinski definition) is 0. The SMILES string of the molecule is [2H]c1c([2H])c([2H])c(-n2c(-c3cccc(-c4c5ccccc5c(-c5cccc(-c6cccnc6)c5)c5ccccc45)c3)nc3ccccc32)c([2H])c1[2H]. The largest absolute Gasteiger partial charge is 0.292 e. The van der Waals surface area contributed by atoms with E-state index in [9.17, 15) is 0 Å². The van der Waals surface area contributed by atoms with Gasteiger partial charge in [0.25, 0.3) is 0 Å². The van der Waals surface area contributed by atoms with Crippen molar-refractivity contribution in [3.8, 4) is 50.5 Å². The van der Waals surface area contributed by atoms with E-state index in [1.54, 1.807) is 10.8 Å². The fourth-order valence-corrected chi connectivity index (χ4v) is 6.75. The minimum absolute atomic E-state index is 0.0638. The highest BCUT2D eigenvalue weighted by Gasteiger charge is 2.19. The van der Waals surface area contributed by atoms with Crippen LogP contribution in [0.3, 0.4) is 0 Å². The van der Waals surface area contributed by atoms with Gasteiger partial charge in [0.05, 0.1) is 17.9 Å². The molecule has 0 bridgehead atoms. The van der Waals surface area contributed by atoms with Crippen molar-refractivity contribution in [2.75, 3.05) is 0 Å². The number of nitrogens with zero attached hydrogens (tertiary/aromatic N) is 3. The van der Waals surface area contributed by atoms with Gasteiger partial charge in [-0.05, 0) is 91.8 Å². The van der Waals surface area contributed by atoms with E-state index in [2.05, 4.69) is 96.0 Å². The van der Waals surface area contributed by atoms with E-state index in [0.29, 0.717) is 16.9 Å². The van der Waals surface area contributed by atoms with E-state index in [4.69, 9.17) is 11.8 Å². The molecule has 0 atom stereocenters. The van der Waals surface area contributed by atoms with Crippen LogP contribution in [0.15, 0.2) is 176 Å². The maximum absolute atomic E-state index is 8.83. The summed E-state index contributed by atoms with van der Waals surface area (Å²) < 4.78 is 44.4. The Balaban J connectivity index is 1.29. The van der Waals surface area contributed by atoms with Crippen LogP contribution in [0.5, 0.6) is 0 Å². The summed E-state index contributed by atoms with van der Waals surface area (Å²) in [5.74, 6) is 0.485. The molecule has 7 aromatic carbocycles. The summed E-state index contributed by atoms with van der Waals surface area (Å²) in [4.78, 5) is 9.34. The Morgan fingerprint density at radius 3 is 1.68 bits per heavy atom. The van der Waals surface area contributed by atoms with E-state index < -0.39 is 18.1 Å². The highest BCUT2D eigenvalue weighted by atomic mass is 15.1. The third-order valence-corrected chi connectivity index (χ3v) is 8.76. The van der Waals surface area contributed by atoms with Gasteiger partial charge in [-0.15, -0.1) is 0 Å². The van der Waals surface area contributed by atoms with Crippen molar-refractivity contribution in [2.45, 2.75) is 0 Å². The minimum atomic E-state index is -0.433. The van der Waals surface area contributed by atoms with Crippen molar-refractivity contribution >= 4 is 32.6 Å². The van der Waals surface area contributed by atoms with Gasteiger partial charge in [0.1, 0.15) is 5.82 Å². The maximum Gasteiger partial charge on any atom is 0.145 e. The number of para-hydroxylation sites is 3. The van der Waals surface area contributed by atoms with Gasteiger partial charge in [-0.2, -0.15) is 0 Å². The fourth-order valence-electron chi connectivity index (χ4n) is 6.75. The molecule has 0 N–H and O–H groups in total. The first kappa shape index (κ1) is 22.2. The molecule has 47 heavy (non-hydrogen) atoms. The molecule has 0 aliphatic heterocycles. The molecule has 9 rings (SSSR count). The Kier molecular flexibility index (Phi) is 5.32. The fraction of sp³-hybridized carbons (Fsp3) is 0. The molecule has 9 aromatic rings. The molecule has 3 heteroatoms. The Morgan fingerprint density at radius 1 is 0.489 bits per heavy atom. The second kappa shape index (κ2) is 11.2. The zero-order valence-electron chi connectivity index (χ0n) is 30.2. The Labute approximate surface area is 280 Å². The molecular formula is C44H29N3. The molecule has 0 saturated heterocycles. The first-order valence-corrected chi connectivity index (χ1v) is 15.5. The van der Waals surface area contributed by atoms with E-state index in [1.807, 2.05) is 48.7 Å². The van der Waals surface area contributed by atoms with Crippen molar-refractivity contribution in [3.05, 3.63) is 176 Å². The lowest BCUT2D eigenvalue weighted by molar-refractivity contribution is 1.10. The van der Waals surface area contributed by atoms with E-state index in [1.165, 1.54) is 0 Å². The van der Waals surface area contributed by atoms with Crippen LogP contribution >= 0.6 is 0 Å². The predicted molar refractivity (Wildman–Crippen MR) is 196 cm³/mol. The summed E-state index contributed by atoms with van der Waals surface area (Å²) in [5.41, 5.74) is 8.58. The smallest absolute Gasteiger partial charge is 0.145 e. The lowest BCUT2D eigenvalue weighted by Gasteiger charge is -2.18. The predicted octanol–water partition coefficient (Wildman–Crippen LogP) is 11.4. The summed E-state index contributed by atoms with van der Waals surface area (Å²) in [6.07, 6.45) is 3.67. The van der Waals surface area contributed by atoms with Crippen LogP contribution in [0.25, 0.3) is 83.0 Å². The summed E-state index contributed by atoms with van der Waals surface area (Å²) in [7, 11) is 0. The first-order chi connectivity index (χ1) is 25.4. The summed E-state index contributed by atoms with van der Waals surface area (Å²) in [5, 5.41) is 4.44. The summed E-state index contributed by atoms with van der Waals surface area (Å²) >= 11 is 0. The molecule has 220 valence electrons. The molecule has 0 saturated carbocycles. The molecule has 0 spiro atoms. The quantitative estimate of drug-likeness (QED) is 0.183. The van der Waals surface area contributed by atoms with Crippen molar-refractivity contribution in [3.63, 3.8) is 0 Å². The van der Waals surface area contributed by atoms with Gasteiger partial charge in [-0.25, -0.2) is 4.98 Å². The number of rotatable bonds is 5. The maximum atomic E-state index is 8.83. The standard InChI is InChI=1S/C44H29N3/c1-2-18-35(19-3-1)47-41-25-9-8-24-40(41)46-44(47)33-16-11-15-32(28-33)43-38-22-6-4-20-36(38)42(37-21-5-7-23-39(37)43)31-14-10-13-30(27-31)34-17-12-26-45-29-34/h1-29H/i1D,2D,3D,18D,19D. The summed E-state index contributed by atoms with van der Waals surface area (Å²) in [6, 6.07) is 43.4. The summed E-state index contributed by atoms with van der Waals surface area (Å²) in [6.45, 7) is 0. The van der Waals surface area contributed by atoms with E-state index >= 15 is 0 Å². The highest BCUT2D eigenvalue weighted by Crippen LogP contribution is 2.45. The Morgan fingerprint density at radius 2 is 1.04 bits per heavy atom. The second-order valence-electron chi connectivity index (χ2n) is 11.5. The van der Waals surface area contributed by atoms with Gasteiger partial charge < -0.3 is 0 Å². The monoisotopic (exact) mass is 604 g/mol. The van der Waals surface area contributed by atoms with Gasteiger partial charge in [0.15, 0.2) is 0 Å². The van der Waals surface area contributed by atoms with E-state index in [-0.39, 0.29) is 17.8 Å². The van der Waals surface area contributed by atoms with Gasteiger partial charge in [-0.1, -0.05) is 121 Å². The Hall–Kier alpha value is -6.32. The molecule has 0 aliphatic rings. The normalized spacial score (nSPS) is 12.9. The molecule has 0 amide bonds. The van der Waals surface area contributed by atoms with Crippen LogP contribution in [0, 0.1) is 0 Å². The van der Waals surface area contributed by atoms with E-state index in [0.717, 1.165) is 60.5 Å². The van der Waals surface area contributed by atoms with Crippen molar-refractivity contribution in [1.82, 2.24) is 14.5 Å². The molecule has 3 nitrogen and oxygen atoms in total. The molecular weight excluding hydrogens is 571 g/mol. The number of imidazole rings is 1. The zero-order chi connectivity index (χ0) is 35.5. The van der Waals surface area contributed by atoms with Gasteiger partial charge in [0.2, 0.25) is 0 Å². The zero-order valence-corrected chi connectivity index (χ0v) is 25.2. The van der Waals surface area contributed by atoms with Crippen molar-refractivity contribution in [1.29, 1.82) is 0 Å². The van der Waals surface area contributed by atoms with Gasteiger partial charge in [0, 0.05) is 29.2 Å². The van der Waals surface area contributed by atoms with Crippen LogP contribution in [-0.4, -0.2) is 14.5 Å². The molecule has 0 aliphatic carbocycles. The second-order valence-corrected chi connectivity index (χ2v) is 11.5. The number of aromatic nitrogens is 3. The molecule has 2 heterocycles. The minimum Gasteiger partial charge on any atom is -0.292 e. The molecule has 0 fully saturated rings. The van der Waals surface area contributed by atoms with Gasteiger partial charge >= 0.3 is 0 Å². The number of benzene rings is 7. The average Bonchev–Trinajstić information content (AvgIpc) is 3.58. The first-order valence-electron chi connectivity index (χ1n) is 18.0. The van der Waals surface area contributed by atoms with Crippen molar-refractivity contribution in [2.24, 2.45) is 0 Å². The van der Waals surface area contributed by atoms with Crippen LogP contribution in [0.4, 0.5) is 0 Å². The van der Waals surface area contributed by atoms with Crippen LogP contribution in [-0.2, 0) is 0 Å². The number of pyridine rings is 1. The Bertz CT molecular complexity index is 2780. The van der Waals surface area contributed by atoms with Crippen LogP contribution in [0.2, 0.25) is 0 Å². The van der Waals surface area contributed by atoms with Gasteiger partial charge in [-0.3, -0.25) is 9.55 Å². The number of hydrogen-bond acceptors (Lipinski definition) is 2. The highest BCUT2D eigenvalue weighted by molar-refractivity contribution is 6.21. The molecule has 0 unspecified atom stereocenters. The molecule has 0 radical (unpaired) electrons. The van der Waals surface area contributed by atoms with Crippen LogP contribution in [0.1, 0.15) is 6.85 Å². The third kappa shape index (κ3) is 4.60. The third-order valence-electron chi connectivity index (χ3n) is 8.76. The van der Waals surface area contributed by atoms with Crippen molar-refractivity contribution < 1.29 is 6.85 Å². The van der Waals surface area contributed by atoms with Crippen LogP contribution < -0.4 is 0 Å².